The van der Waals surface area contributed by atoms with Crippen molar-refractivity contribution in [2.75, 3.05) is 20.3 Å². The van der Waals surface area contributed by atoms with Crippen molar-refractivity contribution in [3.8, 4) is 0 Å². The fraction of sp³-hybridized carbons (Fsp3) is 0.655. The lowest BCUT2D eigenvalue weighted by Gasteiger charge is -2.32. The molecule has 27 nitrogen and oxygen atoms in total. The predicted molar refractivity (Wildman–Crippen MR) is 313 cm³/mol. The molecule has 0 radical (unpaired) electrons. The lowest BCUT2D eigenvalue weighted by Crippen LogP contribution is -2.64. The van der Waals surface area contributed by atoms with Crippen LogP contribution in [0.5, 0.6) is 0 Å². The Morgan fingerprint density at radius 3 is 1.56 bits per heavy atom. The molecule has 2 fully saturated rings. The first-order valence-electron chi connectivity index (χ1n) is 29.3. The molecule has 1 saturated carbocycles. The number of carbonyl (C=O) groups excluding carboxylic acids is 12. The van der Waals surface area contributed by atoms with Crippen LogP contribution in [0.1, 0.15) is 120 Å². The molecule has 85 heavy (non-hydrogen) atoms. The minimum atomic E-state index is -1.78. The van der Waals surface area contributed by atoms with Gasteiger partial charge in [0.05, 0.1) is 25.3 Å². The zero-order valence-corrected chi connectivity index (χ0v) is 50.9. The van der Waals surface area contributed by atoms with Crippen molar-refractivity contribution in [2.45, 2.75) is 193 Å². The van der Waals surface area contributed by atoms with Crippen LogP contribution in [0.15, 0.2) is 43.0 Å². The van der Waals surface area contributed by atoms with E-state index in [9.17, 15) is 67.7 Å². The largest absolute Gasteiger partial charge is 0.394 e. The molecule has 16 N–H and O–H groups in total. The van der Waals surface area contributed by atoms with Crippen molar-refractivity contribution in [2.24, 2.45) is 35.3 Å². The molecule has 1 aromatic carbocycles. The number of nitrogens with one attached hydrogen (secondary N) is 12. The molecule has 27 heteroatoms. The molecule has 1 aliphatic carbocycles. The van der Waals surface area contributed by atoms with Crippen LogP contribution in [0.4, 0.5) is 0 Å². The maximum Gasteiger partial charge on any atom is 0.247 e. The highest BCUT2D eigenvalue weighted by molar-refractivity contribution is 6.02. The summed E-state index contributed by atoms with van der Waals surface area (Å²) >= 11 is 0. The van der Waals surface area contributed by atoms with Crippen molar-refractivity contribution >= 4 is 70.9 Å². The van der Waals surface area contributed by atoms with Gasteiger partial charge in [0.15, 0.2) is 0 Å². The molecular weight excluding hydrogens is 1100 g/mol. The van der Waals surface area contributed by atoms with Crippen LogP contribution in [0.25, 0.3) is 0 Å². The van der Waals surface area contributed by atoms with E-state index in [1.807, 2.05) is 30.3 Å². The molecule has 3 rings (SSSR count). The number of benzene rings is 1. The second-order valence-electron chi connectivity index (χ2n) is 22.6. The summed E-state index contributed by atoms with van der Waals surface area (Å²) in [5, 5.41) is 52.4. The zero-order valence-electron chi connectivity index (χ0n) is 50.9. The Labute approximate surface area is 497 Å². The van der Waals surface area contributed by atoms with Crippen molar-refractivity contribution in [1.29, 1.82) is 0 Å². The highest BCUT2D eigenvalue weighted by atomic mass is 16.3. The number of aliphatic hydroxyl groups is 2. The lowest BCUT2D eigenvalue weighted by atomic mass is 9.94. The van der Waals surface area contributed by atoms with Gasteiger partial charge in [0, 0.05) is 12.3 Å². The van der Waals surface area contributed by atoms with Gasteiger partial charge < -0.3 is 79.7 Å². The number of amides is 12. The van der Waals surface area contributed by atoms with Gasteiger partial charge in [0.1, 0.15) is 59.9 Å². The number of rotatable bonds is 31. The van der Waals surface area contributed by atoms with Gasteiger partial charge in [-0.2, -0.15) is 0 Å². The third kappa shape index (κ3) is 20.0. The van der Waals surface area contributed by atoms with Gasteiger partial charge in [-0.25, -0.2) is 0 Å². The second-order valence-corrected chi connectivity index (χ2v) is 22.6. The number of nitrogens with two attached hydrogens (primary N) is 1. The Morgan fingerprint density at radius 2 is 1.11 bits per heavy atom. The average molecular weight is 1200 g/mol. The first kappa shape index (κ1) is 71.7. The van der Waals surface area contributed by atoms with Gasteiger partial charge in [0.2, 0.25) is 70.9 Å². The molecular formula is C58H93N13O14. The maximum atomic E-state index is 14.4. The highest BCUT2D eigenvalue weighted by Gasteiger charge is 2.60. The van der Waals surface area contributed by atoms with E-state index < -0.39 is 199 Å². The Bertz CT molecular complexity index is 2540. The highest BCUT2D eigenvalue weighted by Crippen LogP contribution is 2.45. The standard InChI is InChI=1S/C58H93N13O14/c1-13-29(6)42(67-49(77)38(60-12)25-35-21-19-18-20-22-35)53(81)64-39(27-72)50(78)63-37(23-24-41(59)74)48(76)66-44(31(8)15-3)55(83)68-43(30(7)14-2)54(82)65-40(28-73)51(79)69-46-33(10)61-52(80)45(32(9)16-4)70-57(85)58(26-36(58)17-5)71-47(75)34(11)62-56(46)84/h17-22,29-34,36-40,42-46,60,72-73H,5,13-16,23-28H2,1-4,6-12H3,(H2,59,74)(H,61,80)(H,62,84)(H,63,78)(H,64,81)(H,65,82)(H,66,76)(H,67,77)(H,68,83)(H,69,79)(H,70,85)(H,71,75)/t29-,30-,31-,32-,33-,34-,36?,37+,38+,39-,40-,42-,43-,44+,45-,46+,58?/m0/s1. The summed E-state index contributed by atoms with van der Waals surface area (Å²) in [4.78, 5) is 165. The van der Waals surface area contributed by atoms with Crippen LogP contribution in [0.2, 0.25) is 0 Å². The molecule has 1 spiro atoms. The minimum Gasteiger partial charge on any atom is -0.394 e. The number of hydrogen-bond donors (Lipinski definition) is 15. The van der Waals surface area contributed by atoms with Gasteiger partial charge in [-0.3, -0.25) is 57.5 Å². The summed E-state index contributed by atoms with van der Waals surface area (Å²) < 4.78 is 0. The number of primary amides is 1. The van der Waals surface area contributed by atoms with E-state index in [4.69, 9.17) is 5.73 Å². The first-order chi connectivity index (χ1) is 40.1. The summed E-state index contributed by atoms with van der Waals surface area (Å²) in [6.07, 6.45) is 2.58. The van der Waals surface area contributed by atoms with Crippen LogP contribution in [0.3, 0.4) is 0 Å². The monoisotopic (exact) mass is 1200 g/mol. The van der Waals surface area contributed by atoms with Gasteiger partial charge in [-0.15, -0.1) is 6.58 Å². The number of likely N-dealkylation sites (N-methyl/N-ethyl adjacent to an activating group) is 1. The molecule has 1 saturated heterocycles. The van der Waals surface area contributed by atoms with E-state index >= 15 is 0 Å². The molecule has 2 aliphatic rings. The number of carbonyl (C=O) groups is 12. The summed E-state index contributed by atoms with van der Waals surface area (Å²) in [6, 6.07) is -5.89. The van der Waals surface area contributed by atoms with Gasteiger partial charge in [-0.05, 0) is 69.4 Å². The fourth-order valence-electron chi connectivity index (χ4n) is 9.54. The molecule has 1 aromatic rings. The van der Waals surface area contributed by atoms with Crippen LogP contribution >= 0.6 is 0 Å². The number of hydrogen-bond acceptors (Lipinski definition) is 15. The molecule has 474 valence electrons. The smallest absolute Gasteiger partial charge is 0.247 e. The van der Waals surface area contributed by atoms with E-state index in [2.05, 4.69) is 70.4 Å². The Kier molecular flexibility index (Phi) is 28.6. The van der Waals surface area contributed by atoms with E-state index in [1.54, 1.807) is 62.4 Å². The quantitative estimate of drug-likeness (QED) is 0.0335. The van der Waals surface area contributed by atoms with Gasteiger partial charge in [-0.1, -0.05) is 117 Å². The lowest BCUT2D eigenvalue weighted by molar-refractivity contribution is -0.138. The molecule has 1 heterocycles. The van der Waals surface area contributed by atoms with Crippen LogP contribution in [0, 0.1) is 29.6 Å². The third-order valence-electron chi connectivity index (χ3n) is 16.3. The van der Waals surface area contributed by atoms with E-state index in [0.29, 0.717) is 19.3 Å². The summed E-state index contributed by atoms with van der Waals surface area (Å²) in [7, 11) is 1.60. The molecule has 17 atom stereocenters. The first-order valence-corrected chi connectivity index (χ1v) is 29.3. The summed E-state index contributed by atoms with van der Waals surface area (Å²) in [5.74, 6) is -12.8. The van der Waals surface area contributed by atoms with Gasteiger partial charge >= 0.3 is 0 Å². The summed E-state index contributed by atoms with van der Waals surface area (Å²) in [6.45, 7) is 18.2. The normalized spacial score (nSPS) is 23.7. The summed E-state index contributed by atoms with van der Waals surface area (Å²) in [5.41, 5.74) is 4.88. The SMILES string of the molecule is C=CC1CC12NC(=O)[C@H](C)NC(=O)[C@H](NC(=O)[C@H](CO)NC(=O)[C@@H](NC(=O)[C@H](NC(=O)[C@@H](CCC(N)=O)NC(=O)[C@H](CO)NC(=O)[C@@H](NC(=O)[C@@H](Cc1ccccc1)NC)[C@@H](C)CC)[C@@H](C)CC)[C@@H](C)CC)[C@H](C)NC(=O)[C@H]([C@@H](C)CC)NC2=O. The van der Waals surface area contributed by atoms with Crippen molar-refractivity contribution in [1.82, 2.24) is 63.8 Å². The minimum absolute atomic E-state index is 0.197. The predicted octanol–water partition coefficient (Wildman–Crippen LogP) is -2.79. The average Bonchev–Trinajstić information content (AvgIpc) is 2.26. The Morgan fingerprint density at radius 1 is 0.635 bits per heavy atom. The maximum absolute atomic E-state index is 14.4. The molecule has 0 bridgehead atoms. The molecule has 0 aromatic heterocycles. The third-order valence-corrected chi connectivity index (χ3v) is 16.3. The zero-order chi connectivity index (χ0) is 64.0. The fourth-order valence-corrected chi connectivity index (χ4v) is 9.54. The Balaban J connectivity index is 1.85. The molecule has 2 unspecified atom stereocenters. The topological polar surface area (TPSA) is 416 Å². The molecule has 1 aliphatic heterocycles. The van der Waals surface area contributed by atoms with Crippen molar-refractivity contribution in [3.63, 3.8) is 0 Å². The van der Waals surface area contributed by atoms with E-state index in [-0.39, 0.29) is 19.3 Å². The van der Waals surface area contributed by atoms with Crippen LogP contribution < -0.4 is 69.5 Å². The number of aliphatic hydroxyl groups excluding tert-OH is 2. The Hall–Kier alpha value is -7.52. The van der Waals surface area contributed by atoms with E-state index in [1.165, 1.54) is 19.9 Å². The van der Waals surface area contributed by atoms with Crippen molar-refractivity contribution in [3.05, 3.63) is 48.6 Å². The molecule has 12 amide bonds. The van der Waals surface area contributed by atoms with E-state index in [0.717, 1.165) is 5.56 Å². The van der Waals surface area contributed by atoms with Crippen LogP contribution in [-0.4, -0.2) is 173 Å². The van der Waals surface area contributed by atoms with Crippen molar-refractivity contribution < 1.29 is 67.7 Å². The van der Waals surface area contributed by atoms with Gasteiger partial charge in [0.25, 0.3) is 0 Å². The second kappa shape index (κ2) is 33.8. The van der Waals surface area contributed by atoms with Crippen LogP contribution in [-0.2, 0) is 64.0 Å².